The molecule has 0 aliphatic rings. The number of phenolic OH excluding ortho intramolecular Hbond substituents is 1. The lowest BCUT2D eigenvalue weighted by molar-refractivity contribution is -0.141. The van der Waals surface area contributed by atoms with Gasteiger partial charge in [-0.1, -0.05) is 19.1 Å². The normalized spacial score (nSPS) is 11.8. The maximum absolute atomic E-state index is 11.6. The number of hydrogen-bond acceptors (Lipinski definition) is 4. The molecule has 0 saturated carbocycles. The highest BCUT2D eigenvalue weighted by molar-refractivity contribution is 5.83. The first-order valence-electron chi connectivity index (χ1n) is 6.53. The maximum Gasteiger partial charge on any atom is 0.326 e. The molecule has 0 saturated heterocycles. The first-order valence-corrected chi connectivity index (χ1v) is 6.53. The fraction of sp³-hybridized carbons (Fsp3) is 0.429. The monoisotopic (exact) mass is 280 g/mol. The molecule has 20 heavy (non-hydrogen) atoms. The number of rotatable bonds is 8. The summed E-state index contributed by atoms with van der Waals surface area (Å²) < 4.78 is 0. The summed E-state index contributed by atoms with van der Waals surface area (Å²) in [6.07, 6.45) is 0.426. The van der Waals surface area contributed by atoms with Gasteiger partial charge in [-0.2, -0.15) is 0 Å². The first-order chi connectivity index (χ1) is 9.52. The number of aliphatic carboxylic acids is 1. The summed E-state index contributed by atoms with van der Waals surface area (Å²) in [6.45, 7) is 3.22. The molecule has 0 aliphatic heterocycles. The third-order valence-corrected chi connectivity index (χ3v) is 2.79. The highest BCUT2D eigenvalue weighted by Gasteiger charge is 2.20. The summed E-state index contributed by atoms with van der Waals surface area (Å²) in [7, 11) is 0. The van der Waals surface area contributed by atoms with Gasteiger partial charge in [0.15, 0.2) is 0 Å². The van der Waals surface area contributed by atoms with Crippen LogP contribution in [0.2, 0.25) is 0 Å². The van der Waals surface area contributed by atoms with Gasteiger partial charge in [0.2, 0.25) is 5.91 Å². The van der Waals surface area contributed by atoms with E-state index in [0.717, 1.165) is 12.1 Å². The van der Waals surface area contributed by atoms with Gasteiger partial charge >= 0.3 is 5.97 Å². The fourth-order valence-electron chi connectivity index (χ4n) is 1.71. The molecule has 1 aromatic carbocycles. The van der Waals surface area contributed by atoms with Crippen molar-refractivity contribution in [1.82, 2.24) is 10.6 Å². The Morgan fingerprint density at radius 2 is 1.90 bits per heavy atom. The maximum atomic E-state index is 11.6. The zero-order valence-electron chi connectivity index (χ0n) is 11.4. The van der Waals surface area contributed by atoms with Crippen LogP contribution in [0.15, 0.2) is 24.3 Å². The molecule has 4 N–H and O–H groups in total. The van der Waals surface area contributed by atoms with Gasteiger partial charge in [0.1, 0.15) is 11.8 Å². The second-order valence-corrected chi connectivity index (χ2v) is 4.43. The minimum atomic E-state index is -1.07. The summed E-state index contributed by atoms with van der Waals surface area (Å²) >= 11 is 0. The molecule has 1 atom stereocenters. The van der Waals surface area contributed by atoms with Crippen LogP contribution in [0.3, 0.4) is 0 Å². The molecule has 1 aromatic rings. The van der Waals surface area contributed by atoms with Crippen LogP contribution in [0, 0.1) is 0 Å². The zero-order chi connectivity index (χ0) is 15.0. The number of carbonyl (C=O) groups excluding carboxylic acids is 1. The van der Waals surface area contributed by atoms with Crippen molar-refractivity contribution < 1.29 is 19.8 Å². The number of carbonyl (C=O) groups is 2. The lowest BCUT2D eigenvalue weighted by Gasteiger charge is -2.14. The Labute approximate surface area is 117 Å². The largest absolute Gasteiger partial charge is 0.508 e. The van der Waals surface area contributed by atoms with Crippen LogP contribution in [0.4, 0.5) is 0 Å². The molecule has 110 valence electrons. The summed E-state index contributed by atoms with van der Waals surface area (Å²) in [4.78, 5) is 22.8. The van der Waals surface area contributed by atoms with E-state index in [1.807, 2.05) is 6.92 Å². The van der Waals surface area contributed by atoms with Crippen molar-refractivity contribution in [1.29, 1.82) is 0 Å². The fourth-order valence-corrected chi connectivity index (χ4v) is 1.71. The molecule has 0 fully saturated rings. The standard InChI is InChI=1S/C14H20N2O4/c1-2-15-8-7-13(18)16-12(14(19)20)9-10-3-5-11(17)6-4-10/h3-6,12,15,17H,2,7-9H2,1H3,(H,16,18)(H,19,20). The molecule has 6 heteroatoms. The van der Waals surface area contributed by atoms with E-state index in [9.17, 15) is 14.7 Å². The average Bonchev–Trinajstić information content (AvgIpc) is 2.40. The third kappa shape index (κ3) is 5.71. The zero-order valence-corrected chi connectivity index (χ0v) is 11.4. The van der Waals surface area contributed by atoms with Crippen LogP contribution in [-0.4, -0.2) is 41.2 Å². The van der Waals surface area contributed by atoms with E-state index in [4.69, 9.17) is 5.11 Å². The van der Waals surface area contributed by atoms with Gasteiger partial charge < -0.3 is 20.8 Å². The van der Waals surface area contributed by atoms with Crippen LogP contribution in [0.5, 0.6) is 5.75 Å². The van der Waals surface area contributed by atoms with Crippen LogP contribution in [0.25, 0.3) is 0 Å². The Balaban J connectivity index is 2.54. The molecule has 1 amide bonds. The SMILES string of the molecule is CCNCCC(=O)NC(Cc1ccc(O)cc1)C(=O)O. The minimum absolute atomic E-state index is 0.121. The number of carboxylic acid groups (broad SMARTS) is 1. The van der Waals surface area contributed by atoms with Gasteiger partial charge in [-0.15, -0.1) is 0 Å². The molecular formula is C14H20N2O4. The van der Waals surface area contributed by atoms with Crippen LogP contribution in [0.1, 0.15) is 18.9 Å². The number of amides is 1. The van der Waals surface area contributed by atoms with Gasteiger partial charge in [-0.05, 0) is 24.2 Å². The molecule has 0 spiro atoms. The lowest BCUT2D eigenvalue weighted by Crippen LogP contribution is -2.43. The predicted molar refractivity (Wildman–Crippen MR) is 74.5 cm³/mol. The summed E-state index contributed by atoms with van der Waals surface area (Å²) in [5.41, 5.74) is 0.738. The van der Waals surface area contributed by atoms with E-state index >= 15 is 0 Å². The number of aromatic hydroxyl groups is 1. The van der Waals surface area contributed by atoms with Gasteiger partial charge in [-0.25, -0.2) is 4.79 Å². The van der Waals surface area contributed by atoms with Crippen LogP contribution < -0.4 is 10.6 Å². The summed E-state index contributed by atoms with van der Waals surface area (Å²) in [5.74, 6) is -1.25. The molecule has 1 rings (SSSR count). The van der Waals surface area contributed by atoms with Gasteiger partial charge in [0.05, 0.1) is 0 Å². The van der Waals surface area contributed by atoms with Crippen molar-refractivity contribution in [3.05, 3.63) is 29.8 Å². The van der Waals surface area contributed by atoms with Crippen molar-refractivity contribution in [2.24, 2.45) is 0 Å². The second kappa shape index (κ2) is 8.16. The molecule has 0 radical (unpaired) electrons. The topological polar surface area (TPSA) is 98.7 Å². The molecule has 0 aliphatic carbocycles. The van der Waals surface area contributed by atoms with E-state index in [0.29, 0.717) is 6.54 Å². The van der Waals surface area contributed by atoms with Crippen LogP contribution in [-0.2, 0) is 16.0 Å². The Bertz CT molecular complexity index is 445. The number of hydrogen-bond donors (Lipinski definition) is 4. The Morgan fingerprint density at radius 3 is 2.45 bits per heavy atom. The van der Waals surface area contributed by atoms with Gasteiger partial charge in [-0.3, -0.25) is 4.79 Å². The summed E-state index contributed by atoms with van der Waals surface area (Å²) in [6, 6.07) is 5.28. The van der Waals surface area contributed by atoms with Crippen molar-refractivity contribution in [3.63, 3.8) is 0 Å². The van der Waals surface area contributed by atoms with E-state index in [-0.39, 0.29) is 24.5 Å². The Hall–Kier alpha value is -2.08. The van der Waals surface area contributed by atoms with Crippen molar-refractivity contribution in [3.8, 4) is 5.75 Å². The van der Waals surface area contributed by atoms with Crippen molar-refractivity contribution in [2.45, 2.75) is 25.8 Å². The number of phenols is 1. The van der Waals surface area contributed by atoms with Crippen molar-refractivity contribution in [2.75, 3.05) is 13.1 Å². The van der Waals surface area contributed by atoms with E-state index < -0.39 is 12.0 Å². The molecule has 0 heterocycles. The van der Waals surface area contributed by atoms with Crippen LogP contribution >= 0.6 is 0 Å². The third-order valence-electron chi connectivity index (χ3n) is 2.79. The minimum Gasteiger partial charge on any atom is -0.508 e. The molecule has 0 bridgehead atoms. The molecular weight excluding hydrogens is 260 g/mol. The Morgan fingerprint density at radius 1 is 1.25 bits per heavy atom. The number of nitrogens with one attached hydrogen (secondary N) is 2. The predicted octanol–water partition coefficient (Wildman–Crippen LogP) is 0.504. The number of carboxylic acids is 1. The van der Waals surface area contributed by atoms with Gasteiger partial charge in [0, 0.05) is 19.4 Å². The molecule has 0 aromatic heterocycles. The van der Waals surface area contributed by atoms with E-state index in [2.05, 4.69) is 10.6 Å². The smallest absolute Gasteiger partial charge is 0.326 e. The van der Waals surface area contributed by atoms with Crippen molar-refractivity contribution >= 4 is 11.9 Å². The van der Waals surface area contributed by atoms with E-state index in [1.165, 1.54) is 12.1 Å². The molecule has 1 unspecified atom stereocenters. The molecule has 6 nitrogen and oxygen atoms in total. The quantitative estimate of drug-likeness (QED) is 0.520. The van der Waals surface area contributed by atoms with E-state index in [1.54, 1.807) is 12.1 Å². The Kier molecular flexibility index (Phi) is 6.52. The summed E-state index contributed by atoms with van der Waals surface area (Å²) in [5, 5.41) is 23.8. The lowest BCUT2D eigenvalue weighted by atomic mass is 10.1. The first kappa shape index (κ1) is 16.0. The highest BCUT2D eigenvalue weighted by atomic mass is 16.4. The highest BCUT2D eigenvalue weighted by Crippen LogP contribution is 2.11. The number of benzene rings is 1. The second-order valence-electron chi connectivity index (χ2n) is 4.43. The average molecular weight is 280 g/mol. The van der Waals surface area contributed by atoms with Gasteiger partial charge in [0.25, 0.3) is 0 Å².